The molecule has 0 aromatic heterocycles. The predicted molar refractivity (Wildman–Crippen MR) is 96.9 cm³/mol. The minimum Gasteiger partial charge on any atom is -0.493 e. The average molecular weight is 382 g/mol. The van der Waals surface area contributed by atoms with Gasteiger partial charge in [0.05, 0.1) is 25.2 Å². The molecule has 134 valence electrons. The molecule has 2 aromatic carbocycles. The molecule has 0 saturated carbocycles. The van der Waals surface area contributed by atoms with Gasteiger partial charge in [-0.25, -0.2) is 8.42 Å². The van der Waals surface area contributed by atoms with E-state index in [4.69, 9.17) is 21.1 Å². The van der Waals surface area contributed by atoms with E-state index in [1.54, 1.807) is 18.2 Å². The Morgan fingerprint density at radius 3 is 2.48 bits per heavy atom. The first-order chi connectivity index (χ1) is 12.0. The van der Waals surface area contributed by atoms with Crippen molar-refractivity contribution in [2.75, 3.05) is 20.8 Å². The zero-order chi connectivity index (χ0) is 18.0. The van der Waals surface area contributed by atoms with Crippen molar-refractivity contribution >= 4 is 21.6 Å². The number of hydrogen-bond donors (Lipinski definition) is 0. The molecule has 1 aliphatic rings. The number of methoxy groups -OCH3 is 2. The number of halogens is 1. The molecule has 2 aromatic rings. The summed E-state index contributed by atoms with van der Waals surface area (Å²) >= 11 is 6.29. The van der Waals surface area contributed by atoms with Gasteiger partial charge in [0.15, 0.2) is 11.5 Å². The Balaban J connectivity index is 2.00. The zero-order valence-electron chi connectivity index (χ0n) is 14.1. The van der Waals surface area contributed by atoms with Gasteiger partial charge in [0.25, 0.3) is 0 Å². The van der Waals surface area contributed by atoms with Gasteiger partial charge < -0.3 is 9.47 Å². The number of hydrogen-bond acceptors (Lipinski definition) is 4. The molecule has 0 unspecified atom stereocenters. The maximum atomic E-state index is 13.2. The fraction of sp³-hybridized carbons (Fsp3) is 0.333. The highest BCUT2D eigenvalue weighted by Crippen LogP contribution is 2.40. The molecule has 3 rings (SSSR count). The number of nitrogens with zero attached hydrogens (tertiary/aromatic N) is 1. The summed E-state index contributed by atoms with van der Waals surface area (Å²) in [5.74, 6) is 0.877. The van der Waals surface area contributed by atoms with Crippen LogP contribution in [0.15, 0.2) is 47.4 Å². The van der Waals surface area contributed by atoms with Crippen LogP contribution in [-0.2, 0) is 10.0 Å². The first kappa shape index (κ1) is 18.0. The van der Waals surface area contributed by atoms with Crippen molar-refractivity contribution in [2.24, 2.45) is 0 Å². The van der Waals surface area contributed by atoms with Crippen molar-refractivity contribution in [3.63, 3.8) is 0 Å². The molecule has 7 heteroatoms. The van der Waals surface area contributed by atoms with Crippen LogP contribution in [0.2, 0.25) is 5.02 Å². The summed E-state index contributed by atoms with van der Waals surface area (Å²) in [6.07, 6.45) is 1.54. The third kappa shape index (κ3) is 3.34. The van der Waals surface area contributed by atoms with Gasteiger partial charge in [-0.05, 0) is 36.6 Å². The summed E-state index contributed by atoms with van der Waals surface area (Å²) in [5.41, 5.74) is 0.839. The third-order valence-electron chi connectivity index (χ3n) is 4.43. The normalized spacial score (nSPS) is 18.3. The highest BCUT2D eigenvalue weighted by Gasteiger charge is 2.37. The molecule has 1 heterocycles. The smallest absolute Gasteiger partial charge is 0.243 e. The van der Waals surface area contributed by atoms with Gasteiger partial charge in [-0.15, -0.1) is 0 Å². The number of benzene rings is 2. The molecule has 0 spiro atoms. The molecule has 0 amide bonds. The van der Waals surface area contributed by atoms with Gasteiger partial charge in [-0.1, -0.05) is 29.8 Å². The molecular weight excluding hydrogens is 362 g/mol. The van der Waals surface area contributed by atoms with Gasteiger partial charge in [-0.3, -0.25) is 0 Å². The monoisotopic (exact) mass is 381 g/mol. The quantitative estimate of drug-likeness (QED) is 0.788. The van der Waals surface area contributed by atoms with Crippen molar-refractivity contribution in [3.8, 4) is 11.5 Å². The maximum Gasteiger partial charge on any atom is 0.243 e. The molecule has 1 aliphatic heterocycles. The van der Waals surface area contributed by atoms with Crippen molar-refractivity contribution in [1.82, 2.24) is 4.31 Å². The second-order valence-corrected chi connectivity index (χ2v) is 8.11. The second kappa shape index (κ2) is 7.23. The Morgan fingerprint density at radius 1 is 1.08 bits per heavy atom. The van der Waals surface area contributed by atoms with Gasteiger partial charge in [0.2, 0.25) is 10.0 Å². The molecule has 0 bridgehead atoms. The van der Waals surface area contributed by atoms with Crippen LogP contribution in [0.4, 0.5) is 0 Å². The number of ether oxygens (including phenoxy) is 2. The molecular formula is C18H20ClNO4S. The Bertz CT molecular complexity index is 869. The van der Waals surface area contributed by atoms with E-state index in [-0.39, 0.29) is 10.9 Å². The van der Waals surface area contributed by atoms with Crippen LogP contribution in [0, 0.1) is 0 Å². The lowest BCUT2D eigenvalue weighted by atomic mass is 10.1. The van der Waals surface area contributed by atoms with Crippen molar-refractivity contribution in [1.29, 1.82) is 0 Å². The summed E-state index contributed by atoms with van der Waals surface area (Å²) in [7, 11) is -0.675. The molecule has 0 N–H and O–H groups in total. The van der Waals surface area contributed by atoms with E-state index < -0.39 is 10.0 Å². The molecule has 5 nitrogen and oxygen atoms in total. The van der Waals surface area contributed by atoms with Crippen LogP contribution in [0.1, 0.15) is 24.4 Å². The summed E-state index contributed by atoms with van der Waals surface area (Å²) in [5, 5.41) is 0.585. The maximum absolute atomic E-state index is 13.2. The fourth-order valence-corrected chi connectivity index (χ4v) is 5.15. The first-order valence-corrected chi connectivity index (χ1v) is 9.79. The average Bonchev–Trinajstić information content (AvgIpc) is 3.11. The fourth-order valence-electron chi connectivity index (χ4n) is 3.20. The van der Waals surface area contributed by atoms with Crippen LogP contribution < -0.4 is 9.47 Å². The summed E-state index contributed by atoms with van der Waals surface area (Å²) in [6.45, 7) is 0.465. The zero-order valence-corrected chi connectivity index (χ0v) is 15.7. The Kier molecular flexibility index (Phi) is 5.22. The lowest BCUT2D eigenvalue weighted by Gasteiger charge is -2.25. The van der Waals surface area contributed by atoms with E-state index in [2.05, 4.69) is 0 Å². The van der Waals surface area contributed by atoms with Crippen LogP contribution in [0.3, 0.4) is 0 Å². The van der Waals surface area contributed by atoms with Crippen LogP contribution in [-0.4, -0.2) is 33.5 Å². The van der Waals surface area contributed by atoms with E-state index in [1.807, 2.05) is 18.2 Å². The summed E-state index contributed by atoms with van der Waals surface area (Å²) < 4.78 is 38.3. The highest BCUT2D eigenvalue weighted by atomic mass is 35.5. The Hall–Kier alpha value is -1.76. The van der Waals surface area contributed by atoms with Gasteiger partial charge in [0.1, 0.15) is 0 Å². The van der Waals surface area contributed by atoms with Crippen molar-refractivity contribution in [2.45, 2.75) is 23.8 Å². The standard InChI is InChI=1S/C18H20ClNO4S/c1-23-17-10-9-13(12-18(17)24-2)25(21,22)20-11-5-8-16(20)14-6-3-4-7-15(14)19/h3-4,6-7,9-10,12,16H,5,8,11H2,1-2H3/t16-/m1/s1. The molecule has 0 aliphatic carbocycles. The molecule has 1 atom stereocenters. The van der Waals surface area contributed by atoms with E-state index >= 15 is 0 Å². The van der Waals surface area contributed by atoms with E-state index in [9.17, 15) is 8.42 Å². The molecule has 1 fully saturated rings. The minimum absolute atomic E-state index is 0.184. The number of sulfonamides is 1. The minimum atomic E-state index is -3.67. The predicted octanol–water partition coefficient (Wildman–Crippen LogP) is 3.88. The SMILES string of the molecule is COc1ccc(S(=O)(=O)N2CCC[C@@H]2c2ccccc2Cl)cc1OC. The molecule has 25 heavy (non-hydrogen) atoms. The lowest BCUT2D eigenvalue weighted by molar-refractivity contribution is 0.353. The molecule has 0 radical (unpaired) electrons. The van der Waals surface area contributed by atoms with E-state index in [0.717, 1.165) is 18.4 Å². The van der Waals surface area contributed by atoms with Gasteiger partial charge in [-0.2, -0.15) is 4.31 Å². The Labute approximate surface area is 153 Å². The second-order valence-electron chi connectivity index (χ2n) is 5.81. The van der Waals surface area contributed by atoms with Crippen molar-refractivity contribution < 1.29 is 17.9 Å². The summed E-state index contributed by atoms with van der Waals surface area (Å²) in [4.78, 5) is 0.184. The van der Waals surface area contributed by atoms with Crippen molar-refractivity contribution in [3.05, 3.63) is 53.1 Å². The van der Waals surface area contributed by atoms with Gasteiger partial charge >= 0.3 is 0 Å². The first-order valence-electron chi connectivity index (χ1n) is 7.97. The van der Waals surface area contributed by atoms with E-state index in [1.165, 1.54) is 24.6 Å². The largest absolute Gasteiger partial charge is 0.493 e. The summed E-state index contributed by atoms with van der Waals surface area (Å²) in [6, 6.07) is 11.8. The highest BCUT2D eigenvalue weighted by molar-refractivity contribution is 7.89. The van der Waals surface area contributed by atoms with Gasteiger partial charge in [0, 0.05) is 17.6 Å². The Morgan fingerprint density at radius 2 is 1.80 bits per heavy atom. The topological polar surface area (TPSA) is 55.8 Å². The third-order valence-corrected chi connectivity index (χ3v) is 6.68. The van der Waals surface area contributed by atoms with Crippen LogP contribution in [0.5, 0.6) is 11.5 Å². The van der Waals surface area contributed by atoms with Crippen LogP contribution in [0.25, 0.3) is 0 Å². The number of rotatable bonds is 5. The molecule has 1 saturated heterocycles. The van der Waals surface area contributed by atoms with Crippen LogP contribution >= 0.6 is 11.6 Å². The van der Waals surface area contributed by atoms with E-state index in [0.29, 0.717) is 23.1 Å². The lowest BCUT2D eigenvalue weighted by Crippen LogP contribution is -2.30.